The third kappa shape index (κ3) is 2.40. The molecule has 0 saturated carbocycles. The van der Waals surface area contributed by atoms with Gasteiger partial charge in [-0.1, -0.05) is 18.2 Å². The zero-order valence-electron chi connectivity index (χ0n) is 10.3. The number of nitrogens with one attached hydrogen (secondary N) is 1. The quantitative estimate of drug-likeness (QED) is 0.863. The second-order valence-electron chi connectivity index (χ2n) is 4.82. The molecule has 0 fully saturated rings. The summed E-state index contributed by atoms with van der Waals surface area (Å²) < 4.78 is 0. The number of aromatic nitrogens is 2. The SMILES string of the molecule is CC(C)(CNc1cnnc2ccccc12)C(=O)O. The highest BCUT2D eigenvalue weighted by atomic mass is 16.4. The van der Waals surface area contributed by atoms with Crippen molar-refractivity contribution in [3.8, 4) is 0 Å². The number of aliphatic carboxylic acids is 1. The number of nitrogens with zero attached hydrogens (tertiary/aromatic N) is 2. The molecule has 0 spiro atoms. The average molecular weight is 245 g/mol. The Labute approximate surface area is 105 Å². The molecule has 18 heavy (non-hydrogen) atoms. The van der Waals surface area contributed by atoms with E-state index in [1.807, 2.05) is 24.3 Å². The highest BCUT2D eigenvalue weighted by Gasteiger charge is 2.26. The van der Waals surface area contributed by atoms with Gasteiger partial charge in [0.15, 0.2) is 0 Å². The summed E-state index contributed by atoms with van der Waals surface area (Å²) in [4.78, 5) is 11.0. The van der Waals surface area contributed by atoms with E-state index in [0.717, 1.165) is 16.6 Å². The number of fused-ring (bicyclic) bond motifs is 1. The number of rotatable bonds is 4. The van der Waals surface area contributed by atoms with Gasteiger partial charge in [0.2, 0.25) is 0 Å². The van der Waals surface area contributed by atoms with Crippen LogP contribution in [0.3, 0.4) is 0 Å². The monoisotopic (exact) mass is 245 g/mol. The molecular formula is C13H15N3O2. The lowest BCUT2D eigenvalue weighted by Crippen LogP contribution is -2.31. The molecule has 0 atom stereocenters. The van der Waals surface area contributed by atoms with Crippen molar-refractivity contribution in [1.82, 2.24) is 10.2 Å². The van der Waals surface area contributed by atoms with Gasteiger partial charge < -0.3 is 10.4 Å². The summed E-state index contributed by atoms with van der Waals surface area (Å²) in [6, 6.07) is 7.61. The molecule has 0 unspecified atom stereocenters. The van der Waals surface area contributed by atoms with Crippen LogP contribution in [0.15, 0.2) is 30.5 Å². The Kier molecular flexibility index (Phi) is 3.14. The zero-order valence-corrected chi connectivity index (χ0v) is 10.3. The molecule has 2 N–H and O–H groups in total. The lowest BCUT2D eigenvalue weighted by atomic mass is 9.94. The summed E-state index contributed by atoms with van der Waals surface area (Å²) in [6.45, 7) is 3.69. The predicted molar refractivity (Wildman–Crippen MR) is 69.4 cm³/mol. The lowest BCUT2D eigenvalue weighted by molar-refractivity contribution is -0.146. The first-order chi connectivity index (χ1) is 8.50. The van der Waals surface area contributed by atoms with E-state index >= 15 is 0 Å². The smallest absolute Gasteiger partial charge is 0.310 e. The van der Waals surface area contributed by atoms with Crippen molar-refractivity contribution < 1.29 is 9.90 Å². The maximum atomic E-state index is 11.0. The summed E-state index contributed by atoms with van der Waals surface area (Å²) in [6.07, 6.45) is 1.61. The van der Waals surface area contributed by atoms with Gasteiger partial charge >= 0.3 is 5.97 Å². The fourth-order valence-corrected chi connectivity index (χ4v) is 1.54. The molecule has 1 aromatic carbocycles. The van der Waals surface area contributed by atoms with Crippen molar-refractivity contribution in [2.75, 3.05) is 11.9 Å². The number of benzene rings is 1. The van der Waals surface area contributed by atoms with Gasteiger partial charge in [-0.25, -0.2) is 0 Å². The molecule has 0 aliphatic heterocycles. The first kappa shape index (κ1) is 12.3. The van der Waals surface area contributed by atoms with E-state index in [0.29, 0.717) is 6.54 Å². The number of hydrogen-bond donors (Lipinski definition) is 2. The van der Waals surface area contributed by atoms with Crippen molar-refractivity contribution >= 4 is 22.6 Å². The highest BCUT2D eigenvalue weighted by Crippen LogP contribution is 2.22. The second kappa shape index (κ2) is 4.60. The summed E-state index contributed by atoms with van der Waals surface area (Å²) in [7, 11) is 0. The first-order valence-electron chi connectivity index (χ1n) is 5.68. The van der Waals surface area contributed by atoms with Crippen LogP contribution >= 0.6 is 0 Å². The van der Waals surface area contributed by atoms with E-state index in [1.165, 1.54) is 0 Å². The molecule has 2 aromatic rings. The normalized spacial score (nSPS) is 11.4. The maximum absolute atomic E-state index is 11.0. The van der Waals surface area contributed by atoms with Crippen LogP contribution in [0.2, 0.25) is 0 Å². The second-order valence-corrected chi connectivity index (χ2v) is 4.82. The molecule has 0 saturated heterocycles. The van der Waals surface area contributed by atoms with Crippen LogP contribution < -0.4 is 5.32 Å². The molecule has 0 aliphatic rings. The van der Waals surface area contributed by atoms with Gasteiger partial charge in [0.1, 0.15) is 0 Å². The summed E-state index contributed by atoms with van der Waals surface area (Å²) >= 11 is 0. The van der Waals surface area contributed by atoms with Crippen molar-refractivity contribution in [1.29, 1.82) is 0 Å². The van der Waals surface area contributed by atoms with Crippen LogP contribution in [0.25, 0.3) is 10.9 Å². The lowest BCUT2D eigenvalue weighted by Gasteiger charge is -2.20. The van der Waals surface area contributed by atoms with E-state index in [2.05, 4.69) is 15.5 Å². The number of carbonyl (C=O) groups is 1. The molecule has 1 heterocycles. The number of anilines is 1. The van der Waals surface area contributed by atoms with Gasteiger partial charge in [-0.05, 0) is 19.9 Å². The number of carboxylic acids is 1. The van der Waals surface area contributed by atoms with Crippen LogP contribution in [-0.4, -0.2) is 27.8 Å². The predicted octanol–water partition coefficient (Wildman–Crippen LogP) is 2.15. The largest absolute Gasteiger partial charge is 0.481 e. The molecule has 0 radical (unpaired) electrons. The Morgan fingerprint density at radius 2 is 2.11 bits per heavy atom. The maximum Gasteiger partial charge on any atom is 0.310 e. The molecule has 5 heteroatoms. The summed E-state index contributed by atoms with van der Waals surface area (Å²) in [5.41, 5.74) is 0.759. The van der Waals surface area contributed by atoms with Gasteiger partial charge in [0.05, 0.1) is 22.8 Å². The molecule has 5 nitrogen and oxygen atoms in total. The highest BCUT2D eigenvalue weighted by molar-refractivity contribution is 5.90. The van der Waals surface area contributed by atoms with Crippen LogP contribution in [-0.2, 0) is 4.79 Å². The van der Waals surface area contributed by atoms with Gasteiger partial charge in [-0.15, -0.1) is 0 Å². The van der Waals surface area contributed by atoms with Crippen LogP contribution in [0, 0.1) is 5.41 Å². The van der Waals surface area contributed by atoms with E-state index in [9.17, 15) is 4.79 Å². The standard InChI is InChI=1S/C13H15N3O2/c1-13(2,12(17)18)8-14-11-7-15-16-10-6-4-3-5-9(10)11/h3-7H,8H2,1-2H3,(H,14,16)(H,17,18). The van der Waals surface area contributed by atoms with E-state index in [4.69, 9.17) is 5.11 Å². The topological polar surface area (TPSA) is 75.1 Å². The van der Waals surface area contributed by atoms with Gasteiger partial charge in [0.25, 0.3) is 0 Å². The van der Waals surface area contributed by atoms with Crippen LogP contribution in [0.1, 0.15) is 13.8 Å². The van der Waals surface area contributed by atoms with Crippen LogP contribution in [0.5, 0.6) is 0 Å². The molecule has 0 bridgehead atoms. The number of hydrogen-bond acceptors (Lipinski definition) is 4. The Balaban J connectivity index is 2.25. The molecular weight excluding hydrogens is 230 g/mol. The fraction of sp³-hybridized carbons (Fsp3) is 0.308. The minimum absolute atomic E-state index is 0.331. The third-order valence-electron chi connectivity index (χ3n) is 2.85. The minimum atomic E-state index is -0.832. The Morgan fingerprint density at radius 1 is 1.39 bits per heavy atom. The molecule has 94 valence electrons. The van der Waals surface area contributed by atoms with Gasteiger partial charge in [0, 0.05) is 11.9 Å². The molecule has 1 aromatic heterocycles. The van der Waals surface area contributed by atoms with Gasteiger partial charge in [-0.3, -0.25) is 4.79 Å². The van der Waals surface area contributed by atoms with Gasteiger partial charge in [-0.2, -0.15) is 10.2 Å². The third-order valence-corrected chi connectivity index (χ3v) is 2.85. The Morgan fingerprint density at radius 3 is 2.83 bits per heavy atom. The van der Waals surface area contributed by atoms with Crippen molar-refractivity contribution in [2.45, 2.75) is 13.8 Å². The molecule has 2 rings (SSSR count). The summed E-state index contributed by atoms with van der Waals surface area (Å²) in [5, 5.41) is 21.0. The van der Waals surface area contributed by atoms with E-state index in [-0.39, 0.29) is 0 Å². The number of carboxylic acid groups (broad SMARTS) is 1. The van der Waals surface area contributed by atoms with Crippen molar-refractivity contribution in [3.63, 3.8) is 0 Å². The van der Waals surface area contributed by atoms with E-state index in [1.54, 1.807) is 20.0 Å². The zero-order chi connectivity index (χ0) is 13.2. The minimum Gasteiger partial charge on any atom is -0.481 e. The van der Waals surface area contributed by atoms with Crippen LogP contribution in [0.4, 0.5) is 5.69 Å². The average Bonchev–Trinajstić information content (AvgIpc) is 2.36. The summed E-state index contributed by atoms with van der Waals surface area (Å²) in [5.74, 6) is -0.832. The Bertz CT molecular complexity index is 576. The van der Waals surface area contributed by atoms with E-state index < -0.39 is 11.4 Å². The Hall–Kier alpha value is -2.17. The van der Waals surface area contributed by atoms with Crippen molar-refractivity contribution in [3.05, 3.63) is 30.5 Å². The van der Waals surface area contributed by atoms with Crippen molar-refractivity contribution in [2.24, 2.45) is 5.41 Å². The first-order valence-corrected chi connectivity index (χ1v) is 5.68. The molecule has 0 amide bonds. The fourth-order valence-electron chi connectivity index (χ4n) is 1.54. The molecule has 0 aliphatic carbocycles.